The second kappa shape index (κ2) is 4.99. The van der Waals surface area contributed by atoms with Gasteiger partial charge >= 0.3 is 0 Å². The van der Waals surface area contributed by atoms with Crippen LogP contribution in [0.25, 0.3) is 64.6 Å². The maximum absolute atomic E-state index is 2.40. The molecule has 0 saturated heterocycles. The molecule has 7 aromatic rings. The van der Waals surface area contributed by atoms with E-state index >= 15 is 0 Å². The molecule has 0 bridgehead atoms. The van der Waals surface area contributed by atoms with Crippen molar-refractivity contribution in [3.05, 3.63) is 97.1 Å². The molecule has 7 aromatic carbocycles. The van der Waals surface area contributed by atoms with Gasteiger partial charge in [-0.1, -0.05) is 91.0 Å². The predicted molar refractivity (Wildman–Crippen MR) is 123 cm³/mol. The molecule has 0 amide bonds. The highest BCUT2D eigenvalue weighted by Crippen LogP contribution is 2.45. The summed E-state index contributed by atoms with van der Waals surface area (Å²) in [6.07, 6.45) is 0. The van der Waals surface area contributed by atoms with Crippen LogP contribution in [0.15, 0.2) is 97.1 Å². The summed E-state index contributed by atoms with van der Waals surface area (Å²) in [6.45, 7) is 0. The van der Waals surface area contributed by atoms with Gasteiger partial charge in [-0.05, 0) is 70.7 Å². The van der Waals surface area contributed by atoms with Crippen LogP contribution in [0.2, 0.25) is 0 Å². The van der Waals surface area contributed by atoms with Crippen molar-refractivity contribution in [3.8, 4) is 0 Å². The SMILES string of the molecule is c1ccc2c(c1)cc1c3c4ccccc4ccc3c3cccc4ccc2c1c43. The van der Waals surface area contributed by atoms with Gasteiger partial charge in [0.1, 0.15) is 0 Å². The van der Waals surface area contributed by atoms with Gasteiger partial charge < -0.3 is 0 Å². The predicted octanol–water partition coefficient (Wildman–Crippen LogP) is 8.04. The number of rotatable bonds is 0. The second-order valence-corrected chi connectivity index (χ2v) is 7.75. The van der Waals surface area contributed by atoms with Crippen LogP contribution in [0.5, 0.6) is 0 Å². The summed E-state index contributed by atoms with van der Waals surface area (Å²) in [5, 5.41) is 16.2. The van der Waals surface area contributed by atoms with Crippen LogP contribution in [0.1, 0.15) is 0 Å². The monoisotopic (exact) mass is 352 g/mol. The standard InChI is InChI=1S/C28H16/c1-4-10-21-17(6-1)12-14-24-22-11-5-8-18-13-15-23-20-9-3-2-7-19(20)16-25(27(21)24)28(23)26(18)22/h1-16H. The van der Waals surface area contributed by atoms with Gasteiger partial charge in [-0.2, -0.15) is 0 Å². The largest absolute Gasteiger partial charge is 0.0616 e. The first-order valence-electron chi connectivity index (χ1n) is 9.80. The molecule has 0 radical (unpaired) electrons. The number of hydrogen-bond donors (Lipinski definition) is 0. The van der Waals surface area contributed by atoms with Crippen molar-refractivity contribution in [3.63, 3.8) is 0 Å². The van der Waals surface area contributed by atoms with Crippen molar-refractivity contribution in [2.45, 2.75) is 0 Å². The molecule has 0 nitrogen and oxygen atoms in total. The topological polar surface area (TPSA) is 0 Å². The molecule has 0 heterocycles. The van der Waals surface area contributed by atoms with E-state index in [4.69, 9.17) is 0 Å². The van der Waals surface area contributed by atoms with Gasteiger partial charge in [0.2, 0.25) is 0 Å². The first kappa shape index (κ1) is 14.4. The summed E-state index contributed by atoms with van der Waals surface area (Å²) in [5.74, 6) is 0. The zero-order valence-corrected chi connectivity index (χ0v) is 15.2. The highest BCUT2D eigenvalue weighted by molar-refractivity contribution is 6.40. The van der Waals surface area contributed by atoms with E-state index in [1.807, 2.05) is 0 Å². The van der Waals surface area contributed by atoms with Gasteiger partial charge in [0.15, 0.2) is 0 Å². The van der Waals surface area contributed by atoms with E-state index in [1.165, 1.54) is 64.6 Å². The third-order valence-electron chi connectivity index (χ3n) is 6.35. The highest BCUT2D eigenvalue weighted by Gasteiger charge is 2.16. The van der Waals surface area contributed by atoms with Crippen molar-refractivity contribution in [1.82, 2.24) is 0 Å². The third-order valence-corrected chi connectivity index (χ3v) is 6.35. The molecule has 7 rings (SSSR count). The van der Waals surface area contributed by atoms with Crippen LogP contribution >= 0.6 is 0 Å². The Morgan fingerprint density at radius 1 is 0.286 bits per heavy atom. The molecule has 0 N–H and O–H groups in total. The van der Waals surface area contributed by atoms with Gasteiger partial charge in [0.05, 0.1) is 0 Å². The first-order chi connectivity index (χ1) is 13.9. The summed E-state index contributed by atoms with van der Waals surface area (Å²) in [6, 6.07) is 35.8. The molecular weight excluding hydrogens is 336 g/mol. The molecule has 28 heavy (non-hydrogen) atoms. The molecule has 0 aliphatic heterocycles. The molecule has 0 aromatic heterocycles. The van der Waals surface area contributed by atoms with Crippen LogP contribution in [0.4, 0.5) is 0 Å². The normalized spacial score (nSPS) is 12.3. The number of benzene rings is 7. The van der Waals surface area contributed by atoms with E-state index in [0.29, 0.717) is 0 Å². The van der Waals surface area contributed by atoms with Crippen LogP contribution < -0.4 is 0 Å². The summed E-state index contributed by atoms with van der Waals surface area (Å²) >= 11 is 0. The Morgan fingerprint density at radius 3 is 1.79 bits per heavy atom. The Kier molecular flexibility index (Phi) is 2.57. The Hall–Kier alpha value is -3.64. The number of hydrogen-bond acceptors (Lipinski definition) is 0. The lowest BCUT2D eigenvalue weighted by Crippen LogP contribution is -1.89. The summed E-state index contributed by atoms with van der Waals surface area (Å²) < 4.78 is 0. The van der Waals surface area contributed by atoms with E-state index in [9.17, 15) is 0 Å². The highest BCUT2D eigenvalue weighted by atomic mass is 14.2. The summed E-state index contributed by atoms with van der Waals surface area (Å²) in [7, 11) is 0. The average molecular weight is 352 g/mol. The minimum Gasteiger partial charge on any atom is -0.0616 e. The van der Waals surface area contributed by atoms with Crippen molar-refractivity contribution in [2.24, 2.45) is 0 Å². The minimum absolute atomic E-state index is 1.30. The van der Waals surface area contributed by atoms with E-state index in [0.717, 1.165) is 0 Å². The lowest BCUT2D eigenvalue weighted by atomic mass is 9.85. The molecule has 0 saturated carbocycles. The molecule has 0 spiro atoms. The summed E-state index contributed by atoms with van der Waals surface area (Å²) in [4.78, 5) is 0. The fourth-order valence-electron chi connectivity index (χ4n) is 5.19. The van der Waals surface area contributed by atoms with Crippen molar-refractivity contribution >= 4 is 64.6 Å². The van der Waals surface area contributed by atoms with E-state index in [-0.39, 0.29) is 0 Å². The van der Waals surface area contributed by atoms with Gasteiger partial charge in [-0.3, -0.25) is 0 Å². The molecule has 0 aliphatic carbocycles. The average Bonchev–Trinajstić information content (AvgIpc) is 2.77. The zero-order chi connectivity index (χ0) is 18.2. The third kappa shape index (κ3) is 1.66. The molecular formula is C28H16. The number of fused-ring (bicyclic) bond motifs is 7. The van der Waals surface area contributed by atoms with Gasteiger partial charge in [-0.25, -0.2) is 0 Å². The lowest BCUT2D eigenvalue weighted by molar-refractivity contribution is 1.79. The maximum Gasteiger partial charge on any atom is -0.00137 e. The van der Waals surface area contributed by atoms with Crippen LogP contribution in [0.3, 0.4) is 0 Å². The van der Waals surface area contributed by atoms with Crippen molar-refractivity contribution < 1.29 is 0 Å². The van der Waals surface area contributed by atoms with E-state index in [2.05, 4.69) is 97.1 Å². The van der Waals surface area contributed by atoms with E-state index < -0.39 is 0 Å². The van der Waals surface area contributed by atoms with Gasteiger partial charge in [0, 0.05) is 0 Å². The Morgan fingerprint density at radius 2 is 0.893 bits per heavy atom. The zero-order valence-electron chi connectivity index (χ0n) is 15.2. The van der Waals surface area contributed by atoms with Gasteiger partial charge in [0.25, 0.3) is 0 Å². The Balaban J connectivity index is 1.96. The first-order valence-corrected chi connectivity index (χ1v) is 9.80. The van der Waals surface area contributed by atoms with Crippen LogP contribution in [-0.4, -0.2) is 0 Å². The van der Waals surface area contributed by atoms with Crippen LogP contribution in [0, 0.1) is 0 Å². The lowest BCUT2D eigenvalue weighted by Gasteiger charge is -2.17. The maximum atomic E-state index is 2.40. The summed E-state index contributed by atoms with van der Waals surface area (Å²) in [5.41, 5.74) is 0. The fourth-order valence-corrected chi connectivity index (χ4v) is 5.19. The molecule has 0 unspecified atom stereocenters. The Labute approximate surface area is 162 Å². The van der Waals surface area contributed by atoms with Crippen molar-refractivity contribution in [1.29, 1.82) is 0 Å². The molecule has 128 valence electrons. The quantitative estimate of drug-likeness (QED) is 0.191. The fraction of sp³-hybridized carbons (Fsp3) is 0. The smallest absolute Gasteiger partial charge is 0.00137 e. The van der Waals surface area contributed by atoms with Gasteiger partial charge in [-0.15, -0.1) is 0 Å². The minimum atomic E-state index is 1.30. The molecule has 0 fully saturated rings. The second-order valence-electron chi connectivity index (χ2n) is 7.75. The molecule has 0 aliphatic rings. The molecule has 0 atom stereocenters. The van der Waals surface area contributed by atoms with Crippen molar-refractivity contribution in [2.75, 3.05) is 0 Å². The Bertz CT molecular complexity index is 1700. The van der Waals surface area contributed by atoms with E-state index in [1.54, 1.807) is 0 Å². The molecule has 0 heteroatoms. The van der Waals surface area contributed by atoms with Crippen LogP contribution in [-0.2, 0) is 0 Å².